The van der Waals surface area contributed by atoms with Crippen LogP contribution in [0.4, 0.5) is 5.82 Å². The van der Waals surface area contributed by atoms with Gasteiger partial charge in [0, 0.05) is 43.1 Å². The summed E-state index contributed by atoms with van der Waals surface area (Å²) >= 11 is 0. The maximum absolute atomic E-state index is 12.7. The minimum Gasteiger partial charge on any atom is -0.756 e. The number of anilines is 1. The summed E-state index contributed by atoms with van der Waals surface area (Å²) in [7, 11) is -11.5. The molecule has 69 heavy (non-hydrogen) atoms. The van der Waals surface area contributed by atoms with E-state index >= 15 is 0 Å². The van der Waals surface area contributed by atoms with Gasteiger partial charge in [-0.1, -0.05) is 18.2 Å². The Morgan fingerprint density at radius 3 is 2.36 bits per heavy atom. The number of nitrogens with two attached hydrogens (primary N) is 1. The van der Waals surface area contributed by atoms with E-state index in [1.807, 2.05) is 24.3 Å². The monoisotopic (exact) mass is 997 g/mol. The Morgan fingerprint density at radius 2 is 1.61 bits per heavy atom. The molecule has 0 aliphatic carbocycles. The molecule has 0 spiro atoms. The van der Waals surface area contributed by atoms with Crippen LogP contribution in [-0.4, -0.2) is 121 Å². The van der Waals surface area contributed by atoms with E-state index in [4.69, 9.17) is 19.9 Å². The number of hydrogen-bond acceptors (Lipinski definition) is 20. The van der Waals surface area contributed by atoms with Crippen LogP contribution in [0.3, 0.4) is 0 Å². The summed E-state index contributed by atoms with van der Waals surface area (Å²) in [5, 5.41) is 50.6. The third-order valence-electron chi connectivity index (χ3n) is 11.4. The molecule has 6 heterocycles. The molecular formula is C42H49N9O16P2. The largest absolute Gasteiger partial charge is 0.756 e. The van der Waals surface area contributed by atoms with Gasteiger partial charge in [0.25, 0.3) is 27.8 Å². The third-order valence-corrected chi connectivity index (χ3v) is 14.0. The molecule has 2 amide bonds. The summed E-state index contributed by atoms with van der Waals surface area (Å²) in [6, 6.07) is 19.0. The molecule has 2 aliphatic rings. The number of para-hydroxylation sites is 1. The van der Waals surface area contributed by atoms with Crippen molar-refractivity contribution in [3.05, 3.63) is 91.3 Å². The highest BCUT2D eigenvalue weighted by atomic mass is 31.3. The first-order valence-electron chi connectivity index (χ1n) is 21.7. The van der Waals surface area contributed by atoms with Crippen LogP contribution < -0.4 is 40.0 Å². The number of phosphoric ester groups is 2. The lowest BCUT2D eigenvalue weighted by molar-refractivity contribution is -0.765. The number of aromatic nitrogens is 6. The van der Waals surface area contributed by atoms with E-state index in [0.717, 1.165) is 34.1 Å². The predicted octanol–water partition coefficient (Wildman–Crippen LogP) is -0.861. The van der Waals surface area contributed by atoms with Gasteiger partial charge in [0.2, 0.25) is 16.9 Å². The van der Waals surface area contributed by atoms with Gasteiger partial charge in [-0.3, -0.25) is 23.3 Å². The quantitative estimate of drug-likeness (QED) is 0.0200. The van der Waals surface area contributed by atoms with Gasteiger partial charge in [-0.05, 0) is 37.6 Å². The molecule has 2 aliphatic heterocycles. The highest BCUT2D eigenvalue weighted by molar-refractivity contribution is 7.59. The van der Waals surface area contributed by atoms with Crippen LogP contribution in [0, 0.1) is 0 Å². The number of hydrogen-bond donors (Lipinski definition) is 7. The fourth-order valence-corrected chi connectivity index (χ4v) is 10.1. The number of carbonyl (C=O) groups is 2. The zero-order chi connectivity index (χ0) is 49.0. The zero-order valence-electron chi connectivity index (χ0n) is 36.7. The summed E-state index contributed by atoms with van der Waals surface area (Å²) < 4.78 is 60.6. The second-order valence-electron chi connectivity index (χ2n) is 16.0. The molecule has 0 radical (unpaired) electrons. The lowest BCUT2D eigenvalue weighted by Gasteiger charge is -2.31. The van der Waals surface area contributed by atoms with Gasteiger partial charge in [0.1, 0.15) is 54.7 Å². The molecule has 0 saturated carbocycles. The molecule has 8 rings (SSSR count). The average Bonchev–Trinajstić information content (AvgIpc) is 3.98. The summed E-state index contributed by atoms with van der Waals surface area (Å²) in [6.45, 7) is 1.67. The van der Waals surface area contributed by atoms with Crippen molar-refractivity contribution in [2.75, 3.05) is 38.2 Å². The molecule has 2 fully saturated rings. The summed E-state index contributed by atoms with van der Waals surface area (Å²) in [6.07, 6.45) is -6.78. The van der Waals surface area contributed by atoms with Crippen molar-refractivity contribution < 1.29 is 85.6 Å². The normalized spacial score (nSPS) is 24.3. The van der Waals surface area contributed by atoms with E-state index in [1.54, 1.807) is 0 Å². The van der Waals surface area contributed by atoms with E-state index in [2.05, 4.69) is 74.7 Å². The van der Waals surface area contributed by atoms with Crippen molar-refractivity contribution in [2.45, 2.75) is 75.4 Å². The number of aliphatic hydroxyl groups excluding tert-OH is 4. The van der Waals surface area contributed by atoms with E-state index in [9.17, 15) is 48.9 Å². The van der Waals surface area contributed by atoms with Crippen molar-refractivity contribution in [1.82, 2.24) is 24.8 Å². The van der Waals surface area contributed by atoms with Gasteiger partial charge in [-0.15, -0.1) is 0 Å². The first kappa shape index (κ1) is 49.8. The number of aliphatic hydroxyl groups is 4. The van der Waals surface area contributed by atoms with Crippen LogP contribution in [0.5, 0.6) is 5.75 Å². The number of nitrogens with zero attached hydrogens (tertiary/aromatic N) is 6. The number of nitrogens with one attached hydrogen (secondary N) is 2. The molecule has 2 saturated heterocycles. The van der Waals surface area contributed by atoms with Gasteiger partial charge in [0.05, 0.1) is 31.5 Å². The smallest absolute Gasteiger partial charge is 0.292 e. The molecule has 27 heteroatoms. The third kappa shape index (κ3) is 11.2. The molecule has 0 bridgehead atoms. The number of benzene rings is 2. The minimum absolute atomic E-state index is 0.0429. The molecule has 25 nitrogen and oxygen atoms in total. The minimum atomic E-state index is -5.76. The highest BCUT2D eigenvalue weighted by Gasteiger charge is 2.49. The van der Waals surface area contributed by atoms with Gasteiger partial charge in [0.15, 0.2) is 41.7 Å². The van der Waals surface area contributed by atoms with Crippen molar-refractivity contribution in [3.8, 4) is 5.75 Å². The van der Waals surface area contributed by atoms with Crippen molar-refractivity contribution >= 4 is 66.2 Å². The van der Waals surface area contributed by atoms with E-state index < -0.39 is 83.8 Å². The Bertz CT molecular complexity index is 2930. The summed E-state index contributed by atoms with van der Waals surface area (Å²) in [4.78, 5) is 62.1. The van der Waals surface area contributed by atoms with Crippen LogP contribution in [0.15, 0.2) is 85.7 Å². The molecule has 6 aromatic rings. The molecule has 368 valence electrons. The number of imidazole rings is 1. The van der Waals surface area contributed by atoms with E-state index in [1.165, 1.54) is 46.3 Å². The number of ether oxygens (including phenoxy) is 3. The molecular weight excluding hydrogens is 948 g/mol. The Kier molecular flexibility index (Phi) is 15.3. The standard InChI is InChI=1S/C42H49N9O16P2/c1-2-50-27-10-4-3-8-24(27)18-26-28(50)11-5-12-29(26)62-17-7-13-32(52)44-14-15-45-39-33-40(47-22-46-39)51(23-48-33)42-37(56)35(54)31(66-42)21-64-69(60,61)67-68(58,59)63-20-30-34(53)36(55)41(65-30)49-16-6-9-25(19-49)38(43)57/h3-6,8-12,16,18-19,22-23,30-31,34-37,41-42,53-56H,2,7,13-15,17,20-21H2,1H3,(H4-2,43,44,45,46,47,52,57,58,59,60,61). The second kappa shape index (κ2) is 21.2. The Hall–Kier alpha value is -5.63. The molecule has 10 unspecified atom stereocenters. The fourth-order valence-electron chi connectivity index (χ4n) is 8.08. The Balaban J connectivity index is 0.780. The Labute approximate surface area is 392 Å². The van der Waals surface area contributed by atoms with Crippen LogP contribution in [0.2, 0.25) is 0 Å². The molecule has 2 aromatic carbocycles. The summed E-state index contributed by atoms with van der Waals surface area (Å²) in [5.74, 6) is 0.0464. The molecule has 10 atom stereocenters. The van der Waals surface area contributed by atoms with E-state index in [-0.39, 0.29) is 48.0 Å². The van der Waals surface area contributed by atoms with Crippen LogP contribution in [-0.2, 0) is 43.3 Å². The number of phosphoric acid groups is 2. The average molecular weight is 998 g/mol. The van der Waals surface area contributed by atoms with Gasteiger partial charge in [-0.25, -0.2) is 19.3 Å². The maximum atomic E-state index is 12.7. The second-order valence-corrected chi connectivity index (χ2v) is 18.9. The first-order valence-corrected chi connectivity index (χ1v) is 24.6. The zero-order valence-corrected chi connectivity index (χ0v) is 38.5. The van der Waals surface area contributed by atoms with Crippen LogP contribution in [0.25, 0.3) is 33.0 Å². The topological polar surface area (TPSA) is 352 Å². The summed E-state index contributed by atoms with van der Waals surface area (Å²) in [5.41, 5.74) is 7.90. The van der Waals surface area contributed by atoms with E-state index in [0.29, 0.717) is 13.0 Å². The number of rotatable bonds is 21. The molecule has 4 aromatic heterocycles. The number of fused-ring (bicyclic) bond motifs is 3. The molecule has 8 N–H and O–H groups in total. The van der Waals surface area contributed by atoms with Crippen LogP contribution in [0.1, 0.15) is 42.6 Å². The lowest BCUT2D eigenvalue weighted by atomic mass is 10.1. The number of pyridine rings is 2. The van der Waals surface area contributed by atoms with Crippen molar-refractivity contribution in [1.29, 1.82) is 0 Å². The number of primary amides is 1. The van der Waals surface area contributed by atoms with Crippen LogP contribution >= 0.6 is 15.6 Å². The van der Waals surface area contributed by atoms with Gasteiger partial charge >= 0.3 is 0 Å². The lowest BCUT2D eigenvalue weighted by Crippen LogP contribution is -2.46. The SMILES string of the molecule is CC[n+]1c2ccccc2cc2c(OCCCC(=O)NCCNc3ncnc4c3ncn4C3OC(COP(=O)([O-])OP(=O)([O-])OCC4OC([n+]5cccc(C(N)=O)c5)C(O)C4O)C(O)C3O)cccc21. The maximum Gasteiger partial charge on any atom is 0.292 e. The highest BCUT2D eigenvalue weighted by Crippen LogP contribution is 2.56. The van der Waals surface area contributed by atoms with Crippen molar-refractivity contribution in [2.24, 2.45) is 5.73 Å². The number of amides is 2. The van der Waals surface area contributed by atoms with Gasteiger partial charge < -0.3 is 69.8 Å². The predicted molar refractivity (Wildman–Crippen MR) is 234 cm³/mol. The van der Waals surface area contributed by atoms with Crippen molar-refractivity contribution in [3.63, 3.8) is 0 Å². The first-order chi connectivity index (χ1) is 33.0. The van der Waals surface area contributed by atoms with Gasteiger partial charge in [-0.2, -0.15) is 9.13 Å². The Morgan fingerprint density at radius 1 is 0.884 bits per heavy atom. The fraction of sp³-hybridized carbons (Fsp3) is 0.405. The number of aryl methyl sites for hydroxylation is 1. The number of carbonyl (C=O) groups excluding carboxylic acids is 2.